The summed E-state index contributed by atoms with van der Waals surface area (Å²) in [7, 11) is 0. The number of esters is 1. The van der Waals surface area contributed by atoms with Gasteiger partial charge in [-0.05, 0) is 24.3 Å². The summed E-state index contributed by atoms with van der Waals surface area (Å²) in [5.41, 5.74) is -1.64. The Labute approximate surface area is 154 Å². The van der Waals surface area contributed by atoms with Crippen LogP contribution in [0.1, 0.15) is 15.9 Å². The highest BCUT2D eigenvalue weighted by molar-refractivity contribution is 6.34. The molecule has 1 amide bonds. The number of amides is 1. The summed E-state index contributed by atoms with van der Waals surface area (Å²) in [5, 5.41) is 12.8. The van der Waals surface area contributed by atoms with Crippen LogP contribution in [0.2, 0.25) is 5.02 Å². The van der Waals surface area contributed by atoms with E-state index in [2.05, 4.69) is 10.1 Å². The molecule has 0 aliphatic heterocycles. The van der Waals surface area contributed by atoms with E-state index in [1.54, 1.807) is 0 Å². The number of rotatable bonds is 5. The third kappa shape index (κ3) is 5.42. The minimum absolute atomic E-state index is 0.0439. The lowest BCUT2D eigenvalue weighted by Crippen LogP contribution is -2.21. The molecule has 0 radical (unpaired) electrons. The standard InChI is InChI=1S/C16H10ClF3N2O5/c17-12-7-11(22(25)26)4-5-13(12)21-14(23)8-27-15(24)9-2-1-3-10(6-9)16(18,19)20/h1-7H,8H2,(H,21,23). The van der Waals surface area contributed by atoms with Crippen molar-refractivity contribution in [2.75, 3.05) is 11.9 Å². The van der Waals surface area contributed by atoms with Crippen LogP contribution in [0, 0.1) is 10.1 Å². The lowest BCUT2D eigenvalue weighted by molar-refractivity contribution is -0.384. The van der Waals surface area contributed by atoms with Crippen LogP contribution < -0.4 is 5.32 Å². The van der Waals surface area contributed by atoms with Gasteiger partial charge < -0.3 is 10.1 Å². The van der Waals surface area contributed by atoms with E-state index in [-0.39, 0.29) is 22.0 Å². The van der Waals surface area contributed by atoms with Crippen molar-refractivity contribution in [1.29, 1.82) is 0 Å². The molecule has 7 nitrogen and oxygen atoms in total. The van der Waals surface area contributed by atoms with Gasteiger partial charge in [-0.25, -0.2) is 4.79 Å². The molecule has 27 heavy (non-hydrogen) atoms. The molecule has 0 saturated carbocycles. The fourth-order valence-electron chi connectivity index (χ4n) is 1.94. The van der Waals surface area contributed by atoms with Gasteiger partial charge in [0.2, 0.25) is 0 Å². The van der Waals surface area contributed by atoms with Gasteiger partial charge in [0, 0.05) is 12.1 Å². The SMILES string of the molecule is O=C(COC(=O)c1cccc(C(F)(F)F)c1)Nc1ccc([N+](=O)[O-])cc1Cl. The summed E-state index contributed by atoms with van der Waals surface area (Å²) in [6, 6.07) is 6.86. The van der Waals surface area contributed by atoms with Crippen LogP contribution in [-0.2, 0) is 15.7 Å². The van der Waals surface area contributed by atoms with E-state index in [0.29, 0.717) is 6.07 Å². The number of nitrogens with one attached hydrogen (secondary N) is 1. The second-order valence-corrected chi connectivity index (χ2v) is 5.53. The van der Waals surface area contributed by atoms with E-state index in [0.717, 1.165) is 30.3 Å². The van der Waals surface area contributed by atoms with Crippen LogP contribution in [0.5, 0.6) is 0 Å². The number of ether oxygens (including phenoxy) is 1. The fraction of sp³-hybridized carbons (Fsp3) is 0.125. The monoisotopic (exact) mass is 402 g/mol. The predicted octanol–water partition coefficient (Wildman–Crippen LogP) is 4.06. The lowest BCUT2D eigenvalue weighted by atomic mass is 10.1. The molecule has 11 heteroatoms. The summed E-state index contributed by atoms with van der Waals surface area (Å²) < 4.78 is 42.6. The largest absolute Gasteiger partial charge is 0.452 e. The number of hydrogen-bond acceptors (Lipinski definition) is 5. The van der Waals surface area contributed by atoms with Crippen molar-refractivity contribution in [3.63, 3.8) is 0 Å². The van der Waals surface area contributed by atoms with Crippen LogP contribution in [0.25, 0.3) is 0 Å². The molecule has 0 spiro atoms. The lowest BCUT2D eigenvalue weighted by Gasteiger charge is -2.10. The average Bonchev–Trinajstić information content (AvgIpc) is 2.60. The average molecular weight is 403 g/mol. The van der Waals surface area contributed by atoms with Crippen LogP contribution in [-0.4, -0.2) is 23.4 Å². The molecule has 0 aliphatic carbocycles. The molecule has 0 unspecified atom stereocenters. The van der Waals surface area contributed by atoms with Gasteiger partial charge in [-0.1, -0.05) is 17.7 Å². The maximum absolute atomic E-state index is 12.6. The highest BCUT2D eigenvalue weighted by Gasteiger charge is 2.31. The number of nitro benzene ring substituents is 1. The number of nitrogens with zero attached hydrogens (tertiary/aromatic N) is 1. The van der Waals surface area contributed by atoms with Gasteiger partial charge in [0.15, 0.2) is 6.61 Å². The Hall–Kier alpha value is -3.14. The van der Waals surface area contributed by atoms with E-state index < -0.39 is 35.1 Å². The van der Waals surface area contributed by atoms with Crippen molar-refractivity contribution in [2.24, 2.45) is 0 Å². The van der Waals surface area contributed by atoms with Crippen molar-refractivity contribution >= 4 is 34.9 Å². The molecular formula is C16H10ClF3N2O5. The topological polar surface area (TPSA) is 98.5 Å². The third-order valence-corrected chi connectivity index (χ3v) is 3.51. The molecule has 142 valence electrons. The Morgan fingerprint density at radius 2 is 1.89 bits per heavy atom. The summed E-state index contributed by atoms with van der Waals surface area (Å²) >= 11 is 5.80. The minimum atomic E-state index is -4.62. The van der Waals surface area contributed by atoms with Gasteiger partial charge in [-0.2, -0.15) is 13.2 Å². The molecule has 0 fully saturated rings. The summed E-state index contributed by atoms with van der Waals surface area (Å²) in [5.74, 6) is -1.95. The molecule has 0 aliphatic rings. The number of nitro groups is 1. The maximum atomic E-state index is 12.6. The Kier molecular flexibility index (Phi) is 6.01. The van der Waals surface area contributed by atoms with E-state index in [9.17, 15) is 32.9 Å². The molecule has 2 aromatic carbocycles. The van der Waals surface area contributed by atoms with Gasteiger partial charge in [0.25, 0.3) is 11.6 Å². The molecule has 2 rings (SSSR count). The Morgan fingerprint density at radius 3 is 2.48 bits per heavy atom. The number of alkyl halides is 3. The number of halogens is 4. The first-order valence-electron chi connectivity index (χ1n) is 7.16. The van der Waals surface area contributed by atoms with Crippen molar-refractivity contribution in [3.8, 4) is 0 Å². The van der Waals surface area contributed by atoms with Crippen LogP contribution >= 0.6 is 11.6 Å². The first-order chi connectivity index (χ1) is 12.6. The number of non-ortho nitro benzene ring substituents is 1. The van der Waals surface area contributed by atoms with Crippen LogP contribution in [0.15, 0.2) is 42.5 Å². The first-order valence-corrected chi connectivity index (χ1v) is 7.54. The molecular weight excluding hydrogens is 393 g/mol. The predicted molar refractivity (Wildman–Crippen MR) is 88.5 cm³/mol. The van der Waals surface area contributed by atoms with Crippen molar-refractivity contribution in [1.82, 2.24) is 0 Å². The number of hydrogen-bond donors (Lipinski definition) is 1. The van der Waals surface area contributed by atoms with Gasteiger partial charge in [0.05, 0.1) is 26.8 Å². The number of carbonyl (C=O) groups is 2. The van der Waals surface area contributed by atoms with E-state index in [1.807, 2.05) is 0 Å². The molecule has 0 bridgehead atoms. The fourth-order valence-corrected chi connectivity index (χ4v) is 2.16. The number of carbonyl (C=O) groups excluding carboxylic acids is 2. The van der Waals surface area contributed by atoms with Gasteiger partial charge in [0.1, 0.15) is 0 Å². The minimum Gasteiger partial charge on any atom is -0.452 e. The summed E-state index contributed by atoms with van der Waals surface area (Å²) in [6.45, 7) is -0.789. The smallest absolute Gasteiger partial charge is 0.416 e. The van der Waals surface area contributed by atoms with E-state index in [1.165, 1.54) is 6.07 Å². The Bertz CT molecular complexity index is 902. The third-order valence-electron chi connectivity index (χ3n) is 3.20. The summed E-state index contributed by atoms with van der Waals surface area (Å²) in [6.07, 6.45) is -4.62. The molecule has 0 heterocycles. The Morgan fingerprint density at radius 1 is 1.19 bits per heavy atom. The van der Waals surface area contributed by atoms with Gasteiger partial charge in [-0.15, -0.1) is 0 Å². The highest BCUT2D eigenvalue weighted by Crippen LogP contribution is 2.30. The van der Waals surface area contributed by atoms with Gasteiger partial charge in [-0.3, -0.25) is 14.9 Å². The zero-order valence-electron chi connectivity index (χ0n) is 13.2. The second-order valence-electron chi connectivity index (χ2n) is 5.12. The normalized spacial score (nSPS) is 11.0. The maximum Gasteiger partial charge on any atom is 0.416 e. The summed E-state index contributed by atoms with van der Waals surface area (Å²) in [4.78, 5) is 33.5. The molecule has 0 saturated heterocycles. The van der Waals surface area contributed by atoms with Crippen LogP contribution in [0.4, 0.5) is 24.5 Å². The van der Waals surface area contributed by atoms with Crippen molar-refractivity contribution < 1.29 is 32.4 Å². The second kappa shape index (κ2) is 8.04. The molecule has 0 aromatic heterocycles. The van der Waals surface area contributed by atoms with E-state index in [4.69, 9.17) is 11.6 Å². The van der Waals surface area contributed by atoms with Crippen LogP contribution in [0.3, 0.4) is 0 Å². The number of anilines is 1. The first kappa shape index (κ1) is 20.2. The van der Waals surface area contributed by atoms with Gasteiger partial charge >= 0.3 is 12.1 Å². The quantitative estimate of drug-likeness (QED) is 0.462. The molecule has 1 N–H and O–H groups in total. The van der Waals surface area contributed by atoms with Crippen molar-refractivity contribution in [2.45, 2.75) is 6.18 Å². The van der Waals surface area contributed by atoms with Crippen molar-refractivity contribution in [3.05, 3.63) is 68.7 Å². The molecule has 0 atom stereocenters. The number of benzene rings is 2. The molecule has 2 aromatic rings. The van der Waals surface area contributed by atoms with E-state index >= 15 is 0 Å². The zero-order valence-corrected chi connectivity index (χ0v) is 14.0. The zero-order chi connectivity index (χ0) is 20.2. The Balaban J connectivity index is 1.98. The highest BCUT2D eigenvalue weighted by atomic mass is 35.5.